The minimum Gasteiger partial charge on any atom is -0.460 e. The van der Waals surface area contributed by atoms with E-state index in [1.54, 1.807) is 6.08 Å². The molecule has 110 valence electrons. The van der Waals surface area contributed by atoms with E-state index in [0.29, 0.717) is 32.1 Å². The van der Waals surface area contributed by atoms with Crippen LogP contribution in [0.1, 0.15) is 52.9 Å². The zero-order valence-electron chi connectivity index (χ0n) is 12.4. The summed E-state index contributed by atoms with van der Waals surface area (Å²) in [5, 5.41) is 0. The summed E-state index contributed by atoms with van der Waals surface area (Å²) < 4.78 is 5.45. The third kappa shape index (κ3) is 3.56. The summed E-state index contributed by atoms with van der Waals surface area (Å²) in [6.07, 6.45) is 4.05. The number of carbonyl (C=O) groups excluding carboxylic acids is 3. The summed E-state index contributed by atoms with van der Waals surface area (Å²) in [7, 11) is 0. The summed E-state index contributed by atoms with van der Waals surface area (Å²) >= 11 is 0. The van der Waals surface area contributed by atoms with Crippen molar-refractivity contribution in [3.05, 3.63) is 11.6 Å². The van der Waals surface area contributed by atoms with Crippen molar-refractivity contribution in [3.63, 3.8) is 0 Å². The predicted molar refractivity (Wildman–Crippen MR) is 74.0 cm³/mol. The van der Waals surface area contributed by atoms with E-state index in [1.807, 2.05) is 20.8 Å². The number of allylic oxidation sites excluding steroid dienone is 1. The molecular weight excluding hydrogens is 256 g/mol. The van der Waals surface area contributed by atoms with E-state index >= 15 is 0 Å². The van der Waals surface area contributed by atoms with E-state index in [1.165, 1.54) is 0 Å². The Labute approximate surface area is 119 Å². The number of hydrogen-bond donors (Lipinski definition) is 0. The van der Waals surface area contributed by atoms with Crippen molar-refractivity contribution >= 4 is 17.5 Å². The summed E-state index contributed by atoms with van der Waals surface area (Å²) in [6, 6.07) is 0. The van der Waals surface area contributed by atoms with Crippen LogP contribution in [0.15, 0.2) is 11.6 Å². The maximum atomic E-state index is 12.3. The van der Waals surface area contributed by atoms with Gasteiger partial charge < -0.3 is 4.74 Å². The Morgan fingerprint density at radius 1 is 1.20 bits per heavy atom. The topological polar surface area (TPSA) is 60.4 Å². The second-order valence-corrected chi connectivity index (χ2v) is 6.71. The molecule has 0 aromatic rings. The van der Waals surface area contributed by atoms with E-state index in [4.69, 9.17) is 4.74 Å². The number of rotatable bonds is 1. The van der Waals surface area contributed by atoms with E-state index in [-0.39, 0.29) is 23.5 Å². The molecule has 1 saturated carbocycles. The second kappa shape index (κ2) is 5.51. The molecular formula is C16H22O4. The van der Waals surface area contributed by atoms with Crippen molar-refractivity contribution in [2.45, 2.75) is 58.5 Å². The Bertz CT molecular complexity index is 467. The normalized spacial score (nSPS) is 27.4. The molecule has 2 aliphatic rings. The SMILES string of the molecule is CC(C)(C)OC(=O)C1CCC(=O)C[C@@H]2CCC(=O)C=C12. The van der Waals surface area contributed by atoms with Gasteiger partial charge in [0.2, 0.25) is 0 Å². The minimum absolute atomic E-state index is 0.0419. The second-order valence-electron chi connectivity index (χ2n) is 6.71. The standard InChI is InChI=1S/C16H22O4/c1-16(2,3)20-15(19)13-7-6-11(17)8-10-4-5-12(18)9-14(10)13/h9-10,13H,4-8H2,1-3H3/t10-,13?/m0/s1. The third-order valence-corrected chi connectivity index (χ3v) is 3.82. The molecule has 0 N–H and O–H groups in total. The first kappa shape index (κ1) is 14.9. The molecule has 0 heterocycles. The molecule has 4 nitrogen and oxygen atoms in total. The molecule has 1 unspecified atom stereocenters. The molecule has 4 heteroatoms. The molecule has 0 aromatic heterocycles. The zero-order chi connectivity index (χ0) is 14.9. The van der Waals surface area contributed by atoms with Crippen molar-refractivity contribution in [1.82, 2.24) is 0 Å². The Hall–Kier alpha value is -1.45. The maximum absolute atomic E-state index is 12.3. The van der Waals surface area contributed by atoms with Crippen molar-refractivity contribution in [1.29, 1.82) is 0 Å². The van der Waals surface area contributed by atoms with Crippen molar-refractivity contribution in [2.75, 3.05) is 0 Å². The minimum atomic E-state index is -0.553. The smallest absolute Gasteiger partial charge is 0.313 e. The van der Waals surface area contributed by atoms with Gasteiger partial charge in [0.15, 0.2) is 5.78 Å². The highest BCUT2D eigenvalue weighted by Crippen LogP contribution is 2.38. The molecule has 2 rings (SSSR count). The molecule has 2 aliphatic carbocycles. The quantitative estimate of drug-likeness (QED) is 0.692. The average molecular weight is 278 g/mol. The lowest BCUT2D eigenvalue weighted by molar-refractivity contribution is -0.158. The molecule has 0 aromatic carbocycles. The van der Waals surface area contributed by atoms with E-state index in [9.17, 15) is 14.4 Å². The first-order valence-electron chi connectivity index (χ1n) is 7.25. The lowest BCUT2D eigenvalue weighted by atomic mass is 9.79. The highest BCUT2D eigenvalue weighted by Gasteiger charge is 2.37. The lowest BCUT2D eigenvalue weighted by Gasteiger charge is -2.28. The first-order valence-corrected chi connectivity index (χ1v) is 7.25. The molecule has 0 aliphatic heterocycles. The molecule has 0 saturated heterocycles. The van der Waals surface area contributed by atoms with Crippen LogP contribution in [0.25, 0.3) is 0 Å². The van der Waals surface area contributed by atoms with Gasteiger partial charge in [0.05, 0.1) is 5.92 Å². The molecule has 0 amide bonds. The van der Waals surface area contributed by atoms with Gasteiger partial charge in [-0.05, 0) is 51.2 Å². The number of hydrogen-bond acceptors (Lipinski definition) is 4. The van der Waals surface area contributed by atoms with Gasteiger partial charge in [-0.2, -0.15) is 0 Å². The van der Waals surface area contributed by atoms with Crippen LogP contribution < -0.4 is 0 Å². The lowest BCUT2D eigenvalue weighted by Crippen LogP contribution is -2.31. The van der Waals surface area contributed by atoms with E-state index in [0.717, 1.165) is 5.57 Å². The molecule has 1 fully saturated rings. The van der Waals surface area contributed by atoms with Gasteiger partial charge in [-0.3, -0.25) is 14.4 Å². The molecule has 0 radical (unpaired) electrons. The van der Waals surface area contributed by atoms with Crippen LogP contribution in [0, 0.1) is 11.8 Å². The van der Waals surface area contributed by atoms with Crippen LogP contribution in [0.5, 0.6) is 0 Å². The Balaban J connectivity index is 2.27. The van der Waals surface area contributed by atoms with Crippen LogP contribution in [0.2, 0.25) is 0 Å². The fourth-order valence-corrected chi connectivity index (χ4v) is 2.94. The summed E-state index contributed by atoms with van der Waals surface area (Å²) in [4.78, 5) is 35.8. The van der Waals surface area contributed by atoms with Gasteiger partial charge in [-0.15, -0.1) is 0 Å². The van der Waals surface area contributed by atoms with Gasteiger partial charge in [0.25, 0.3) is 0 Å². The highest BCUT2D eigenvalue weighted by molar-refractivity contribution is 5.94. The van der Waals surface area contributed by atoms with Crippen molar-refractivity contribution in [3.8, 4) is 0 Å². The Morgan fingerprint density at radius 3 is 2.55 bits per heavy atom. The fraction of sp³-hybridized carbons (Fsp3) is 0.688. The zero-order valence-corrected chi connectivity index (χ0v) is 12.4. The van der Waals surface area contributed by atoms with Gasteiger partial charge in [0.1, 0.15) is 11.4 Å². The summed E-state index contributed by atoms with van der Waals surface area (Å²) in [5.74, 6) is -0.464. The summed E-state index contributed by atoms with van der Waals surface area (Å²) in [5.41, 5.74) is 0.267. The third-order valence-electron chi connectivity index (χ3n) is 3.82. The Morgan fingerprint density at radius 2 is 1.90 bits per heavy atom. The van der Waals surface area contributed by atoms with E-state index < -0.39 is 11.5 Å². The molecule has 2 atom stereocenters. The van der Waals surface area contributed by atoms with Crippen LogP contribution >= 0.6 is 0 Å². The van der Waals surface area contributed by atoms with Gasteiger partial charge in [-0.1, -0.05) is 0 Å². The van der Waals surface area contributed by atoms with Gasteiger partial charge in [-0.25, -0.2) is 0 Å². The van der Waals surface area contributed by atoms with Gasteiger partial charge >= 0.3 is 5.97 Å². The monoisotopic (exact) mass is 278 g/mol. The molecule has 20 heavy (non-hydrogen) atoms. The largest absolute Gasteiger partial charge is 0.460 e. The van der Waals surface area contributed by atoms with Crippen LogP contribution in [0.4, 0.5) is 0 Å². The number of ketones is 2. The number of Topliss-reactive ketones (excluding diaryl/α,β-unsaturated/α-hetero) is 1. The summed E-state index contributed by atoms with van der Waals surface area (Å²) in [6.45, 7) is 5.47. The Kier molecular flexibility index (Phi) is 4.11. The van der Waals surface area contributed by atoms with Gasteiger partial charge in [0, 0.05) is 19.3 Å². The van der Waals surface area contributed by atoms with Crippen LogP contribution in [0.3, 0.4) is 0 Å². The number of esters is 1. The van der Waals surface area contributed by atoms with Crippen molar-refractivity contribution < 1.29 is 19.1 Å². The number of fused-ring (bicyclic) bond motifs is 1. The van der Waals surface area contributed by atoms with E-state index in [2.05, 4.69) is 0 Å². The average Bonchev–Trinajstić information content (AvgIpc) is 2.45. The highest BCUT2D eigenvalue weighted by atomic mass is 16.6. The van der Waals surface area contributed by atoms with Crippen molar-refractivity contribution in [2.24, 2.45) is 11.8 Å². The number of ether oxygens (including phenoxy) is 1. The maximum Gasteiger partial charge on any atom is 0.313 e. The van der Waals surface area contributed by atoms with Crippen LogP contribution in [-0.2, 0) is 19.1 Å². The molecule has 0 spiro atoms. The van der Waals surface area contributed by atoms with Crippen LogP contribution in [-0.4, -0.2) is 23.1 Å². The molecule has 0 bridgehead atoms. The first-order chi connectivity index (χ1) is 9.26. The fourth-order valence-electron chi connectivity index (χ4n) is 2.94. The number of carbonyl (C=O) groups is 3. The predicted octanol–water partition coefficient (Wildman–Crippen LogP) is 2.60.